The lowest BCUT2D eigenvalue weighted by Gasteiger charge is -2.24. The van der Waals surface area contributed by atoms with Crippen LogP contribution in [0.15, 0.2) is 24.3 Å². The number of hydrogen-bond donors (Lipinski definition) is 2. The van der Waals surface area contributed by atoms with Gasteiger partial charge in [-0.2, -0.15) is 13.2 Å². The lowest BCUT2D eigenvalue weighted by molar-refractivity contribution is -0.137. The van der Waals surface area contributed by atoms with E-state index in [-0.39, 0.29) is 23.3 Å². The zero-order valence-corrected chi connectivity index (χ0v) is 13.0. The molecule has 126 valence electrons. The highest BCUT2D eigenvalue weighted by molar-refractivity contribution is 5.83. The predicted octanol–water partition coefficient (Wildman–Crippen LogP) is 3.27. The van der Waals surface area contributed by atoms with Gasteiger partial charge in [0.1, 0.15) is 0 Å². The normalized spacial score (nSPS) is 24.3. The Morgan fingerprint density at radius 1 is 1.26 bits per heavy atom. The van der Waals surface area contributed by atoms with E-state index in [1.54, 1.807) is 6.92 Å². The second-order valence-corrected chi connectivity index (χ2v) is 6.72. The lowest BCUT2D eigenvalue weighted by Crippen LogP contribution is -2.34. The van der Waals surface area contributed by atoms with Gasteiger partial charge in [-0.05, 0) is 62.4 Å². The molecule has 2 atom stereocenters. The average Bonchev–Trinajstić information content (AvgIpc) is 3.20. The number of carbonyl (C=O) groups is 1. The van der Waals surface area contributed by atoms with Crippen LogP contribution in [0.5, 0.6) is 0 Å². The third-order valence-corrected chi connectivity index (χ3v) is 5.20. The van der Waals surface area contributed by atoms with E-state index < -0.39 is 11.7 Å². The maximum absolute atomic E-state index is 12.6. The molecule has 1 amide bonds. The number of alkyl halides is 3. The second kappa shape index (κ2) is 5.82. The Morgan fingerprint density at radius 3 is 2.43 bits per heavy atom. The van der Waals surface area contributed by atoms with E-state index in [0.29, 0.717) is 5.56 Å². The van der Waals surface area contributed by atoms with Crippen molar-refractivity contribution < 1.29 is 18.0 Å². The van der Waals surface area contributed by atoms with Crippen molar-refractivity contribution in [2.45, 2.75) is 38.4 Å². The Labute approximate surface area is 133 Å². The molecule has 1 saturated carbocycles. The number of benzene rings is 1. The van der Waals surface area contributed by atoms with Crippen molar-refractivity contribution in [1.82, 2.24) is 10.6 Å². The van der Waals surface area contributed by atoms with E-state index in [1.807, 2.05) is 0 Å². The van der Waals surface area contributed by atoms with E-state index in [2.05, 4.69) is 10.6 Å². The molecule has 6 heteroatoms. The van der Waals surface area contributed by atoms with Crippen LogP contribution < -0.4 is 10.6 Å². The molecule has 2 fully saturated rings. The minimum Gasteiger partial charge on any atom is -0.349 e. The summed E-state index contributed by atoms with van der Waals surface area (Å²) in [7, 11) is 0. The molecule has 23 heavy (non-hydrogen) atoms. The Hall–Kier alpha value is -1.56. The van der Waals surface area contributed by atoms with Gasteiger partial charge < -0.3 is 10.6 Å². The van der Waals surface area contributed by atoms with E-state index >= 15 is 0 Å². The Bertz CT molecular complexity index is 576. The summed E-state index contributed by atoms with van der Waals surface area (Å²) in [5.41, 5.74) is 0.178. The lowest BCUT2D eigenvalue weighted by atomic mass is 9.91. The van der Waals surface area contributed by atoms with Crippen molar-refractivity contribution in [3.63, 3.8) is 0 Å². The minimum atomic E-state index is -4.33. The Morgan fingerprint density at radius 2 is 1.87 bits per heavy atom. The number of piperidine rings is 1. The molecule has 1 heterocycles. The van der Waals surface area contributed by atoms with Crippen LogP contribution in [0.4, 0.5) is 13.2 Å². The van der Waals surface area contributed by atoms with Gasteiger partial charge in [0, 0.05) is 5.92 Å². The molecule has 1 aliphatic carbocycles. The summed E-state index contributed by atoms with van der Waals surface area (Å²) >= 11 is 0. The van der Waals surface area contributed by atoms with Crippen molar-refractivity contribution in [2.24, 2.45) is 11.3 Å². The van der Waals surface area contributed by atoms with Crippen LogP contribution in [-0.2, 0) is 11.0 Å². The summed E-state index contributed by atoms with van der Waals surface area (Å²) in [6, 6.07) is 4.69. The molecule has 2 N–H and O–H groups in total. The van der Waals surface area contributed by atoms with Gasteiger partial charge in [-0.25, -0.2) is 0 Å². The number of amides is 1. The molecular weight excluding hydrogens is 305 g/mol. The van der Waals surface area contributed by atoms with E-state index in [4.69, 9.17) is 0 Å². The van der Waals surface area contributed by atoms with Crippen LogP contribution in [0.2, 0.25) is 0 Å². The first kappa shape index (κ1) is 16.3. The molecule has 1 aromatic rings. The molecule has 2 aliphatic rings. The maximum Gasteiger partial charge on any atom is 0.416 e. The smallest absolute Gasteiger partial charge is 0.349 e. The van der Waals surface area contributed by atoms with Crippen molar-refractivity contribution in [3.05, 3.63) is 35.4 Å². The molecule has 2 unspecified atom stereocenters. The van der Waals surface area contributed by atoms with E-state index in [0.717, 1.165) is 44.5 Å². The SMILES string of the molecule is CC(NC(=O)C1CC12CCNCC2)c1ccc(C(F)(F)F)cc1. The number of nitrogens with one attached hydrogen (secondary N) is 2. The number of halogens is 3. The van der Waals surface area contributed by atoms with Crippen molar-refractivity contribution >= 4 is 5.91 Å². The zero-order chi connectivity index (χ0) is 16.7. The summed E-state index contributed by atoms with van der Waals surface area (Å²) in [5.74, 6) is 0.0841. The fraction of sp³-hybridized carbons (Fsp3) is 0.588. The van der Waals surface area contributed by atoms with Gasteiger partial charge in [0.15, 0.2) is 0 Å². The minimum absolute atomic E-state index is 0.0271. The quantitative estimate of drug-likeness (QED) is 0.895. The highest BCUT2D eigenvalue weighted by Crippen LogP contribution is 2.58. The molecular formula is C17H21F3N2O. The first-order valence-electron chi connectivity index (χ1n) is 8.00. The van der Waals surface area contributed by atoms with Gasteiger partial charge in [-0.1, -0.05) is 12.1 Å². The van der Waals surface area contributed by atoms with E-state index in [9.17, 15) is 18.0 Å². The summed E-state index contributed by atoms with van der Waals surface area (Å²) in [6.07, 6.45) is -1.35. The first-order valence-corrected chi connectivity index (χ1v) is 8.00. The Kier molecular flexibility index (Phi) is 4.12. The van der Waals surface area contributed by atoms with Gasteiger partial charge in [0.2, 0.25) is 5.91 Å². The van der Waals surface area contributed by atoms with Gasteiger partial charge in [-0.3, -0.25) is 4.79 Å². The van der Waals surface area contributed by atoms with Crippen LogP contribution in [0, 0.1) is 11.3 Å². The van der Waals surface area contributed by atoms with Crippen LogP contribution in [0.3, 0.4) is 0 Å². The first-order chi connectivity index (χ1) is 10.8. The average molecular weight is 326 g/mol. The molecule has 0 aromatic heterocycles. The van der Waals surface area contributed by atoms with E-state index in [1.165, 1.54) is 12.1 Å². The molecule has 3 rings (SSSR count). The fourth-order valence-corrected chi connectivity index (χ4v) is 3.55. The number of hydrogen-bond acceptors (Lipinski definition) is 2. The van der Waals surface area contributed by atoms with Crippen LogP contribution in [0.1, 0.15) is 43.4 Å². The molecule has 3 nitrogen and oxygen atoms in total. The van der Waals surface area contributed by atoms with Crippen molar-refractivity contribution in [1.29, 1.82) is 0 Å². The van der Waals surface area contributed by atoms with Crippen LogP contribution in [-0.4, -0.2) is 19.0 Å². The highest BCUT2D eigenvalue weighted by atomic mass is 19.4. The zero-order valence-electron chi connectivity index (χ0n) is 13.0. The fourth-order valence-electron chi connectivity index (χ4n) is 3.55. The molecule has 0 bridgehead atoms. The molecule has 1 spiro atoms. The van der Waals surface area contributed by atoms with Gasteiger partial charge >= 0.3 is 6.18 Å². The highest BCUT2D eigenvalue weighted by Gasteiger charge is 2.57. The second-order valence-electron chi connectivity index (χ2n) is 6.72. The molecule has 0 radical (unpaired) electrons. The maximum atomic E-state index is 12.6. The predicted molar refractivity (Wildman–Crippen MR) is 80.6 cm³/mol. The molecule has 1 aliphatic heterocycles. The van der Waals surface area contributed by atoms with Gasteiger partial charge in [-0.15, -0.1) is 0 Å². The summed E-state index contributed by atoms with van der Waals surface area (Å²) < 4.78 is 37.7. The van der Waals surface area contributed by atoms with Crippen LogP contribution >= 0.6 is 0 Å². The number of rotatable bonds is 3. The molecule has 1 aromatic carbocycles. The Balaban J connectivity index is 1.59. The molecule has 1 saturated heterocycles. The number of carbonyl (C=O) groups excluding carboxylic acids is 1. The summed E-state index contributed by atoms with van der Waals surface area (Å²) in [5, 5.41) is 6.25. The van der Waals surface area contributed by atoms with Crippen LogP contribution in [0.25, 0.3) is 0 Å². The third-order valence-electron chi connectivity index (χ3n) is 5.20. The topological polar surface area (TPSA) is 41.1 Å². The third kappa shape index (κ3) is 3.37. The van der Waals surface area contributed by atoms with Gasteiger partial charge in [0.25, 0.3) is 0 Å². The standard InChI is InChI=1S/C17H21F3N2O/c1-11(12-2-4-13(5-3-12)17(18,19)20)22-15(23)14-10-16(14)6-8-21-9-7-16/h2-5,11,14,21H,6-10H2,1H3,(H,22,23). The van der Waals surface area contributed by atoms with Gasteiger partial charge in [0.05, 0.1) is 11.6 Å². The summed E-state index contributed by atoms with van der Waals surface area (Å²) in [4.78, 5) is 12.4. The van der Waals surface area contributed by atoms with Crippen molar-refractivity contribution in [3.8, 4) is 0 Å². The summed E-state index contributed by atoms with van der Waals surface area (Å²) in [6.45, 7) is 3.72. The monoisotopic (exact) mass is 326 g/mol. The van der Waals surface area contributed by atoms with Crippen molar-refractivity contribution in [2.75, 3.05) is 13.1 Å². The largest absolute Gasteiger partial charge is 0.416 e.